The van der Waals surface area contributed by atoms with Gasteiger partial charge in [0.2, 0.25) is 0 Å². The molecule has 0 fully saturated rings. The summed E-state index contributed by atoms with van der Waals surface area (Å²) in [4.78, 5) is 11.9. The van der Waals surface area contributed by atoms with Gasteiger partial charge in [0.05, 0.1) is 13.3 Å². The Balaban J connectivity index is 2.03. The molecule has 0 bridgehead atoms. The SMILES string of the molecule is COc1cccc(/C=N/NC(=O)c2ccccc2C)c1. The van der Waals surface area contributed by atoms with Gasteiger partial charge in [-0.15, -0.1) is 0 Å². The van der Waals surface area contributed by atoms with Crippen LogP contribution in [0.15, 0.2) is 53.6 Å². The molecule has 20 heavy (non-hydrogen) atoms. The van der Waals surface area contributed by atoms with Crippen LogP contribution in [0.25, 0.3) is 0 Å². The summed E-state index contributed by atoms with van der Waals surface area (Å²) in [5.41, 5.74) is 4.91. The Hall–Kier alpha value is -2.62. The molecule has 0 aliphatic carbocycles. The molecule has 2 aromatic rings. The fourth-order valence-corrected chi connectivity index (χ4v) is 1.78. The summed E-state index contributed by atoms with van der Waals surface area (Å²) in [5.74, 6) is 0.529. The van der Waals surface area contributed by atoms with Crippen LogP contribution in [-0.2, 0) is 0 Å². The van der Waals surface area contributed by atoms with Gasteiger partial charge in [0.25, 0.3) is 5.91 Å². The zero-order valence-corrected chi connectivity index (χ0v) is 11.5. The lowest BCUT2D eigenvalue weighted by atomic mass is 10.1. The minimum atomic E-state index is -0.220. The molecule has 0 heterocycles. The van der Waals surface area contributed by atoms with E-state index in [1.165, 1.54) is 0 Å². The Morgan fingerprint density at radius 2 is 2.00 bits per heavy atom. The van der Waals surface area contributed by atoms with Gasteiger partial charge in [-0.25, -0.2) is 5.43 Å². The van der Waals surface area contributed by atoms with E-state index in [1.54, 1.807) is 19.4 Å². The molecular weight excluding hydrogens is 252 g/mol. The lowest BCUT2D eigenvalue weighted by Crippen LogP contribution is -2.18. The van der Waals surface area contributed by atoms with E-state index in [1.807, 2.05) is 49.4 Å². The number of methoxy groups -OCH3 is 1. The second-order valence-electron chi connectivity index (χ2n) is 4.29. The van der Waals surface area contributed by atoms with Crippen molar-refractivity contribution in [2.45, 2.75) is 6.92 Å². The van der Waals surface area contributed by atoms with Crippen LogP contribution in [0.1, 0.15) is 21.5 Å². The lowest BCUT2D eigenvalue weighted by molar-refractivity contribution is 0.0954. The fraction of sp³-hybridized carbons (Fsp3) is 0.125. The smallest absolute Gasteiger partial charge is 0.271 e. The number of carbonyl (C=O) groups is 1. The van der Waals surface area contributed by atoms with E-state index in [9.17, 15) is 4.79 Å². The quantitative estimate of drug-likeness (QED) is 0.684. The van der Waals surface area contributed by atoms with Crippen molar-refractivity contribution in [3.63, 3.8) is 0 Å². The van der Waals surface area contributed by atoms with Crippen LogP contribution in [0.3, 0.4) is 0 Å². The molecular formula is C16H16N2O2. The summed E-state index contributed by atoms with van der Waals surface area (Å²) in [6.07, 6.45) is 1.58. The maximum atomic E-state index is 11.9. The zero-order valence-electron chi connectivity index (χ0n) is 11.5. The van der Waals surface area contributed by atoms with E-state index >= 15 is 0 Å². The number of hydrogen-bond donors (Lipinski definition) is 1. The number of amides is 1. The van der Waals surface area contributed by atoms with Crippen LogP contribution >= 0.6 is 0 Å². The molecule has 0 aromatic heterocycles. The average molecular weight is 268 g/mol. The van der Waals surface area contributed by atoms with Gasteiger partial charge in [0.15, 0.2) is 0 Å². The normalized spacial score (nSPS) is 10.5. The second-order valence-corrected chi connectivity index (χ2v) is 4.29. The van der Waals surface area contributed by atoms with Gasteiger partial charge in [-0.2, -0.15) is 5.10 Å². The number of benzene rings is 2. The van der Waals surface area contributed by atoms with Gasteiger partial charge in [0.1, 0.15) is 5.75 Å². The number of nitrogens with zero attached hydrogens (tertiary/aromatic N) is 1. The zero-order chi connectivity index (χ0) is 14.4. The number of carbonyl (C=O) groups excluding carboxylic acids is 1. The Labute approximate surface area is 118 Å². The third kappa shape index (κ3) is 3.45. The van der Waals surface area contributed by atoms with Crippen molar-refractivity contribution < 1.29 is 9.53 Å². The van der Waals surface area contributed by atoms with Crippen LogP contribution < -0.4 is 10.2 Å². The molecule has 1 N–H and O–H groups in total. The van der Waals surface area contributed by atoms with Crippen molar-refractivity contribution in [2.75, 3.05) is 7.11 Å². The predicted molar refractivity (Wildman–Crippen MR) is 79.2 cm³/mol. The first-order valence-electron chi connectivity index (χ1n) is 6.24. The highest BCUT2D eigenvalue weighted by Gasteiger charge is 2.05. The first-order valence-corrected chi connectivity index (χ1v) is 6.24. The van der Waals surface area contributed by atoms with Gasteiger partial charge < -0.3 is 4.74 Å². The number of aryl methyl sites for hydroxylation is 1. The summed E-state index contributed by atoms with van der Waals surface area (Å²) in [6.45, 7) is 1.89. The first kappa shape index (κ1) is 13.8. The maximum Gasteiger partial charge on any atom is 0.271 e. The minimum absolute atomic E-state index is 0.220. The standard InChI is InChI=1S/C16H16N2O2/c1-12-6-3-4-9-15(12)16(19)18-17-11-13-7-5-8-14(10-13)20-2/h3-11H,1-2H3,(H,18,19)/b17-11+. The highest BCUT2D eigenvalue weighted by molar-refractivity contribution is 5.96. The lowest BCUT2D eigenvalue weighted by Gasteiger charge is -2.03. The van der Waals surface area contributed by atoms with Crippen molar-refractivity contribution in [3.05, 3.63) is 65.2 Å². The summed E-state index contributed by atoms with van der Waals surface area (Å²) in [7, 11) is 1.61. The van der Waals surface area contributed by atoms with Gasteiger partial charge >= 0.3 is 0 Å². The largest absolute Gasteiger partial charge is 0.497 e. The molecule has 4 nitrogen and oxygen atoms in total. The third-order valence-corrected chi connectivity index (χ3v) is 2.86. The van der Waals surface area contributed by atoms with Crippen molar-refractivity contribution in [1.82, 2.24) is 5.43 Å². The molecule has 0 aliphatic heterocycles. The van der Waals surface area contributed by atoms with Crippen molar-refractivity contribution in [3.8, 4) is 5.75 Å². The highest BCUT2D eigenvalue weighted by Crippen LogP contribution is 2.10. The van der Waals surface area contributed by atoms with Crippen LogP contribution in [0.4, 0.5) is 0 Å². The first-order chi connectivity index (χ1) is 9.70. The van der Waals surface area contributed by atoms with Crippen LogP contribution in [0.5, 0.6) is 5.75 Å². The molecule has 0 spiro atoms. The third-order valence-electron chi connectivity index (χ3n) is 2.86. The van der Waals surface area contributed by atoms with E-state index < -0.39 is 0 Å². The van der Waals surface area contributed by atoms with Gasteiger partial charge in [-0.05, 0) is 36.2 Å². The summed E-state index contributed by atoms with van der Waals surface area (Å²) >= 11 is 0. The molecule has 1 amide bonds. The Morgan fingerprint density at radius 1 is 1.20 bits per heavy atom. The number of hydrazone groups is 1. The van der Waals surface area contributed by atoms with E-state index in [-0.39, 0.29) is 5.91 Å². The number of rotatable bonds is 4. The molecule has 2 aromatic carbocycles. The van der Waals surface area contributed by atoms with Crippen molar-refractivity contribution in [1.29, 1.82) is 0 Å². The van der Waals surface area contributed by atoms with E-state index in [2.05, 4.69) is 10.5 Å². The molecule has 4 heteroatoms. The van der Waals surface area contributed by atoms with Gasteiger partial charge in [-0.1, -0.05) is 30.3 Å². The molecule has 102 valence electrons. The number of nitrogens with one attached hydrogen (secondary N) is 1. The molecule has 0 saturated carbocycles. The fourth-order valence-electron chi connectivity index (χ4n) is 1.78. The van der Waals surface area contributed by atoms with Crippen LogP contribution in [0, 0.1) is 6.92 Å². The number of hydrogen-bond acceptors (Lipinski definition) is 3. The maximum absolute atomic E-state index is 11.9. The Kier molecular flexibility index (Phi) is 4.50. The summed E-state index contributed by atoms with van der Waals surface area (Å²) < 4.78 is 5.12. The van der Waals surface area contributed by atoms with Gasteiger partial charge in [0, 0.05) is 5.56 Å². The Bertz CT molecular complexity index is 636. The average Bonchev–Trinajstić information content (AvgIpc) is 2.48. The summed E-state index contributed by atoms with van der Waals surface area (Å²) in [5, 5.41) is 3.95. The molecule has 0 saturated heterocycles. The van der Waals surface area contributed by atoms with E-state index in [0.29, 0.717) is 5.56 Å². The molecule has 0 radical (unpaired) electrons. The topological polar surface area (TPSA) is 50.7 Å². The van der Waals surface area contributed by atoms with Crippen LogP contribution in [0.2, 0.25) is 0 Å². The van der Waals surface area contributed by atoms with Gasteiger partial charge in [-0.3, -0.25) is 4.79 Å². The van der Waals surface area contributed by atoms with E-state index in [0.717, 1.165) is 16.9 Å². The Morgan fingerprint density at radius 3 is 2.75 bits per heavy atom. The van der Waals surface area contributed by atoms with Crippen molar-refractivity contribution >= 4 is 12.1 Å². The molecule has 0 unspecified atom stereocenters. The van der Waals surface area contributed by atoms with Crippen molar-refractivity contribution in [2.24, 2.45) is 5.10 Å². The molecule has 2 rings (SSSR count). The molecule has 0 aliphatic rings. The van der Waals surface area contributed by atoms with Crippen LogP contribution in [-0.4, -0.2) is 19.2 Å². The predicted octanol–water partition coefficient (Wildman–Crippen LogP) is 2.77. The summed E-state index contributed by atoms with van der Waals surface area (Å²) in [6, 6.07) is 14.8. The molecule has 0 atom stereocenters. The van der Waals surface area contributed by atoms with E-state index in [4.69, 9.17) is 4.74 Å². The minimum Gasteiger partial charge on any atom is -0.497 e. The number of ether oxygens (including phenoxy) is 1. The monoisotopic (exact) mass is 268 g/mol. The highest BCUT2D eigenvalue weighted by atomic mass is 16.5. The second kappa shape index (κ2) is 6.52.